The zero-order chi connectivity index (χ0) is 26.4. The lowest BCUT2D eigenvalue weighted by Gasteiger charge is -2.33. The average molecular weight is 504 g/mol. The number of amides is 1. The second-order valence-electron chi connectivity index (χ2n) is 8.19. The van der Waals surface area contributed by atoms with Gasteiger partial charge in [0.25, 0.3) is 0 Å². The minimum Gasteiger partial charge on any atom is -0.481 e. The molecule has 0 radical (unpaired) electrons. The Morgan fingerprint density at radius 3 is 1.17 bits per heavy atom. The molecular formula is C20H33N5O10. The first kappa shape index (κ1) is 29.9. The number of aliphatic carboxylic acids is 4. The zero-order valence-electron chi connectivity index (χ0n) is 19.4. The second kappa shape index (κ2) is 15.7. The van der Waals surface area contributed by atoms with Gasteiger partial charge in [-0.25, -0.2) is 0 Å². The molecule has 0 bridgehead atoms. The summed E-state index contributed by atoms with van der Waals surface area (Å²) in [5, 5.41) is 38.8. The first-order chi connectivity index (χ1) is 16.5. The fraction of sp³-hybridized carbons (Fsp3) is 0.700. The summed E-state index contributed by atoms with van der Waals surface area (Å²) in [6, 6.07) is -1.19. The molecule has 5 N–H and O–H groups in total. The van der Waals surface area contributed by atoms with Gasteiger partial charge in [-0.1, -0.05) is 0 Å². The first-order valence-corrected chi connectivity index (χ1v) is 11.0. The van der Waals surface area contributed by atoms with Crippen LogP contribution in [0, 0.1) is 0 Å². The van der Waals surface area contributed by atoms with E-state index in [0.717, 1.165) is 0 Å². The predicted molar refractivity (Wildman–Crippen MR) is 119 cm³/mol. The van der Waals surface area contributed by atoms with E-state index in [0.29, 0.717) is 6.29 Å². The number of nitrogens with one attached hydrogen (secondary N) is 1. The van der Waals surface area contributed by atoms with Crippen molar-refractivity contribution in [3.8, 4) is 0 Å². The number of carboxylic acids is 4. The van der Waals surface area contributed by atoms with E-state index in [4.69, 9.17) is 10.2 Å². The zero-order valence-corrected chi connectivity index (χ0v) is 19.4. The summed E-state index contributed by atoms with van der Waals surface area (Å²) in [5.41, 5.74) is 0. The van der Waals surface area contributed by atoms with Gasteiger partial charge in [0.05, 0.1) is 38.6 Å². The molecule has 0 spiro atoms. The molecule has 1 saturated heterocycles. The van der Waals surface area contributed by atoms with Crippen LogP contribution in [0.4, 0.5) is 0 Å². The number of aldehydes is 1. The largest absolute Gasteiger partial charge is 0.481 e. The molecule has 1 aliphatic heterocycles. The molecule has 15 nitrogen and oxygen atoms in total. The molecule has 0 aromatic rings. The maximum atomic E-state index is 12.4. The summed E-state index contributed by atoms with van der Waals surface area (Å²) < 4.78 is 0. The van der Waals surface area contributed by atoms with Gasteiger partial charge >= 0.3 is 23.9 Å². The minimum absolute atomic E-state index is 0.211. The van der Waals surface area contributed by atoms with Gasteiger partial charge in [-0.15, -0.1) is 0 Å². The van der Waals surface area contributed by atoms with E-state index >= 15 is 0 Å². The summed E-state index contributed by atoms with van der Waals surface area (Å²) in [6.07, 6.45) is -0.241. The molecule has 1 fully saturated rings. The van der Waals surface area contributed by atoms with E-state index < -0.39 is 42.2 Å². The Bertz CT molecular complexity index is 733. The highest BCUT2D eigenvalue weighted by atomic mass is 16.4. The van der Waals surface area contributed by atoms with E-state index in [1.54, 1.807) is 19.6 Å². The van der Waals surface area contributed by atoms with Crippen LogP contribution in [-0.4, -0.2) is 161 Å². The van der Waals surface area contributed by atoms with Crippen LogP contribution in [0.1, 0.15) is 6.42 Å². The van der Waals surface area contributed by atoms with Crippen LogP contribution in [0.3, 0.4) is 0 Å². The van der Waals surface area contributed by atoms with Gasteiger partial charge in [0.2, 0.25) is 5.91 Å². The lowest BCUT2D eigenvalue weighted by Crippen LogP contribution is -2.50. The highest BCUT2D eigenvalue weighted by Gasteiger charge is 2.22. The number of hydrogen-bond acceptors (Lipinski definition) is 10. The Kier molecular flexibility index (Phi) is 13.4. The van der Waals surface area contributed by atoms with Crippen molar-refractivity contribution < 1.29 is 49.2 Å². The quantitative estimate of drug-likeness (QED) is 0.165. The number of hydrogen-bond donors (Lipinski definition) is 5. The Morgan fingerprint density at radius 1 is 0.600 bits per heavy atom. The third-order valence-corrected chi connectivity index (χ3v) is 5.28. The van der Waals surface area contributed by atoms with Crippen molar-refractivity contribution in [3.63, 3.8) is 0 Å². The molecular weight excluding hydrogens is 470 g/mol. The fourth-order valence-corrected chi connectivity index (χ4v) is 3.56. The van der Waals surface area contributed by atoms with Gasteiger partial charge in [0.1, 0.15) is 6.29 Å². The molecule has 1 amide bonds. The Balaban J connectivity index is 2.97. The molecule has 0 unspecified atom stereocenters. The Morgan fingerprint density at radius 2 is 0.914 bits per heavy atom. The lowest BCUT2D eigenvalue weighted by atomic mass is 10.2. The SMILES string of the molecule is O=C[C@@H](CC(=O)O)NC(=O)CN1CCN(CC(=O)O)CCN(CC(=O)O)CCN(CC(=O)O)CC1. The third kappa shape index (κ3) is 14.0. The summed E-state index contributed by atoms with van der Waals surface area (Å²) in [7, 11) is 0. The molecule has 0 aromatic heterocycles. The third-order valence-electron chi connectivity index (χ3n) is 5.28. The predicted octanol–water partition coefficient (Wildman–Crippen LogP) is -3.38. The van der Waals surface area contributed by atoms with Crippen LogP contribution < -0.4 is 5.32 Å². The standard InChI is InChI=1S/C20H33N5O10/c26-14-15(9-17(28)29)21-16(27)10-22-1-3-23(11-18(30)31)5-7-25(13-20(34)35)8-6-24(4-2-22)12-19(32)33/h14-15H,1-13H2,(H,21,27)(H,28,29)(H,30,31)(H,32,33)(H,34,35)/t15-/m1/s1. The summed E-state index contributed by atoms with van der Waals surface area (Å²) in [6.45, 7) is 0.812. The smallest absolute Gasteiger partial charge is 0.317 e. The monoisotopic (exact) mass is 503 g/mol. The molecule has 0 aromatic carbocycles. The van der Waals surface area contributed by atoms with Crippen LogP contribution in [0.2, 0.25) is 0 Å². The number of carbonyl (C=O) groups is 6. The van der Waals surface area contributed by atoms with Crippen LogP contribution >= 0.6 is 0 Å². The molecule has 35 heavy (non-hydrogen) atoms. The molecule has 0 aliphatic carbocycles. The molecule has 1 aliphatic rings. The van der Waals surface area contributed by atoms with Crippen molar-refractivity contribution in [2.24, 2.45) is 0 Å². The molecule has 198 valence electrons. The molecule has 15 heteroatoms. The first-order valence-electron chi connectivity index (χ1n) is 11.0. The average Bonchev–Trinajstić information content (AvgIpc) is 2.73. The topological polar surface area (TPSA) is 208 Å². The normalized spacial score (nSPS) is 18.5. The lowest BCUT2D eigenvalue weighted by molar-refractivity contribution is -0.140. The van der Waals surface area contributed by atoms with Crippen LogP contribution in [0.5, 0.6) is 0 Å². The number of carboxylic acid groups (broad SMARTS) is 4. The number of rotatable bonds is 12. The Labute approximate surface area is 201 Å². The van der Waals surface area contributed by atoms with Gasteiger partial charge in [0.15, 0.2) is 0 Å². The molecule has 1 atom stereocenters. The highest BCUT2D eigenvalue weighted by Crippen LogP contribution is 2.02. The van der Waals surface area contributed by atoms with Crippen molar-refractivity contribution in [1.82, 2.24) is 24.9 Å². The fourth-order valence-electron chi connectivity index (χ4n) is 3.56. The minimum atomic E-state index is -1.25. The van der Waals surface area contributed by atoms with Crippen molar-refractivity contribution in [2.45, 2.75) is 12.5 Å². The highest BCUT2D eigenvalue weighted by molar-refractivity contribution is 5.83. The van der Waals surface area contributed by atoms with Crippen LogP contribution in [0.25, 0.3) is 0 Å². The van der Waals surface area contributed by atoms with E-state index in [1.165, 1.54) is 0 Å². The summed E-state index contributed by atoms with van der Waals surface area (Å²) >= 11 is 0. The Hall–Kier alpha value is -3.14. The number of carbonyl (C=O) groups excluding carboxylic acids is 2. The van der Waals surface area contributed by atoms with Crippen LogP contribution in [0.15, 0.2) is 0 Å². The summed E-state index contributed by atoms with van der Waals surface area (Å²) in [4.78, 5) is 74.6. The molecule has 1 rings (SSSR count). The van der Waals surface area contributed by atoms with Crippen LogP contribution in [-0.2, 0) is 28.8 Å². The number of nitrogens with zero attached hydrogens (tertiary/aromatic N) is 4. The van der Waals surface area contributed by atoms with E-state index in [-0.39, 0.29) is 78.5 Å². The van der Waals surface area contributed by atoms with Crippen molar-refractivity contribution in [1.29, 1.82) is 0 Å². The molecule has 0 saturated carbocycles. The van der Waals surface area contributed by atoms with Gasteiger partial charge in [-0.3, -0.25) is 43.6 Å². The maximum Gasteiger partial charge on any atom is 0.317 e. The molecule has 1 heterocycles. The van der Waals surface area contributed by atoms with Gasteiger partial charge in [0, 0.05) is 52.4 Å². The van der Waals surface area contributed by atoms with E-state index in [2.05, 4.69) is 5.32 Å². The van der Waals surface area contributed by atoms with Gasteiger partial charge in [-0.2, -0.15) is 0 Å². The van der Waals surface area contributed by atoms with Gasteiger partial charge < -0.3 is 30.5 Å². The van der Waals surface area contributed by atoms with Crippen molar-refractivity contribution in [2.75, 3.05) is 78.5 Å². The van der Waals surface area contributed by atoms with E-state index in [1.807, 2.05) is 0 Å². The van der Waals surface area contributed by atoms with Crippen molar-refractivity contribution in [3.05, 3.63) is 0 Å². The van der Waals surface area contributed by atoms with Crippen molar-refractivity contribution >= 4 is 36.1 Å². The second-order valence-corrected chi connectivity index (χ2v) is 8.19. The maximum absolute atomic E-state index is 12.4. The van der Waals surface area contributed by atoms with Gasteiger partial charge in [-0.05, 0) is 0 Å². The summed E-state index contributed by atoms with van der Waals surface area (Å²) in [5.74, 6) is -5.04. The van der Waals surface area contributed by atoms with E-state index in [9.17, 15) is 39.0 Å².